The Hall–Kier alpha value is -2.75. The number of alkyl halides is 3. The van der Waals surface area contributed by atoms with Gasteiger partial charge in [-0.3, -0.25) is 0 Å². The van der Waals surface area contributed by atoms with Gasteiger partial charge in [-0.05, 0) is 32.0 Å². The van der Waals surface area contributed by atoms with Gasteiger partial charge in [0.15, 0.2) is 0 Å². The number of carbonyl (C=O) groups is 2. The number of morpholine rings is 1. The number of hydrogen-bond acceptors (Lipinski definition) is 7. The molecular formula is C19H23F3N2O5. The Morgan fingerprint density at radius 2 is 1.79 bits per heavy atom. The first-order chi connectivity index (χ1) is 13.5. The van der Waals surface area contributed by atoms with Crippen LogP contribution in [0.5, 0.6) is 0 Å². The standard InChI is InChI=1S/C19H23F3N2O5/c1-11-9-24(10-12(2)29-11)16-6-5-13(19(20,21)22)7-14(16)23-15(18(26)28-4)8-17(25)27-3/h5-8,11-12,23H,9-10H2,1-4H3/b15-8+. The average molecular weight is 416 g/mol. The van der Waals surface area contributed by atoms with Crippen molar-refractivity contribution in [2.75, 3.05) is 37.5 Å². The number of carbonyl (C=O) groups excluding carboxylic acids is 2. The summed E-state index contributed by atoms with van der Waals surface area (Å²) in [6, 6.07) is 3.17. The fourth-order valence-corrected chi connectivity index (χ4v) is 3.04. The molecule has 1 fully saturated rings. The quantitative estimate of drug-likeness (QED) is 0.584. The molecule has 1 N–H and O–H groups in total. The number of ether oxygens (including phenoxy) is 3. The van der Waals surface area contributed by atoms with Gasteiger partial charge in [0.1, 0.15) is 5.70 Å². The van der Waals surface area contributed by atoms with E-state index in [4.69, 9.17) is 4.74 Å². The molecule has 0 aromatic heterocycles. The molecule has 0 aliphatic carbocycles. The maximum atomic E-state index is 13.3. The van der Waals surface area contributed by atoms with Crippen LogP contribution >= 0.6 is 0 Å². The van der Waals surface area contributed by atoms with Gasteiger partial charge in [0.05, 0.1) is 49.4 Å². The maximum absolute atomic E-state index is 13.3. The number of halogens is 3. The minimum Gasteiger partial charge on any atom is -0.466 e. The second-order valence-corrected chi connectivity index (χ2v) is 6.59. The van der Waals surface area contributed by atoms with Crippen LogP contribution in [0.25, 0.3) is 0 Å². The van der Waals surface area contributed by atoms with Crippen LogP contribution in [-0.4, -0.2) is 51.5 Å². The Balaban J connectivity index is 2.51. The highest BCUT2D eigenvalue weighted by atomic mass is 19.4. The third-order valence-corrected chi connectivity index (χ3v) is 4.22. The summed E-state index contributed by atoms with van der Waals surface area (Å²) in [6.45, 7) is 4.60. The molecule has 0 radical (unpaired) electrons. The number of methoxy groups -OCH3 is 2. The molecule has 0 spiro atoms. The van der Waals surface area contributed by atoms with Gasteiger partial charge in [-0.1, -0.05) is 0 Å². The second-order valence-electron chi connectivity index (χ2n) is 6.59. The summed E-state index contributed by atoms with van der Waals surface area (Å²) < 4.78 is 54.5. The highest BCUT2D eigenvalue weighted by molar-refractivity contribution is 5.99. The summed E-state index contributed by atoms with van der Waals surface area (Å²) in [5.74, 6) is -1.79. The number of nitrogens with zero attached hydrogens (tertiary/aromatic N) is 1. The molecule has 1 heterocycles. The van der Waals surface area contributed by atoms with Gasteiger partial charge in [0.2, 0.25) is 0 Å². The zero-order chi connectivity index (χ0) is 21.8. The first-order valence-corrected chi connectivity index (χ1v) is 8.81. The Bertz CT molecular complexity index is 785. The summed E-state index contributed by atoms with van der Waals surface area (Å²) in [4.78, 5) is 25.5. The van der Waals surface area contributed by atoms with Crippen LogP contribution in [0, 0.1) is 0 Å². The fourth-order valence-electron chi connectivity index (χ4n) is 3.04. The van der Waals surface area contributed by atoms with Crippen molar-refractivity contribution >= 4 is 23.3 Å². The molecule has 1 aromatic rings. The molecular weight excluding hydrogens is 393 g/mol. The van der Waals surface area contributed by atoms with E-state index >= 15 is 0 Å². The molecule has 29 heavy (non-hydrogen) atoms. The molecule has 7 nitrogen and oxygen atoms in total. The Morgan fingerprint density at radius 1 is 1.17 bits per heavy atom. The molecule has 1 aliphatic heterocycles. The molecule has 160 valence electrons. The van der Waals surface area contributed by atoms with E-state index < -0.39 is 23.7 Å². The van der Waals surface area contributed by atoms with Crippen molar-refractivity contribution in [1.29, 1.82) is 0 Å². The van der Waals surface area contributed by atoms with Crippen LogP contribution < -0.4 is 10.2 Å². The number of hydrogen-bond donors (Lipinski definition) is 1. The molecule has 0 amide bonds. The molecule has 1 saturated heterocycles. The maximum Gasteiger partial charge on any atom is 0.416 e. The van der Waals surface area contributed by atoms with E-state index in [0.29, 0.717) is 18.8 Å². The van der Waals surface area contributed by atoms with Crippen molar-refractivity contribution in [3.8, 4) is 0 Å². The number of anilines is 2. The van der Waals surface area contributed by atoms with E-state index in [-0.39, 0.29) is 23.6 Å². The van der Waals surface area contributed by atoms with Crippen LogP contribution in [0.1, 0.15) is 19.4 Å². The predicted octanol–water partition coefficient (Wildman–Crippen LogP) is 2.96. The summed E-state index contributed by atoms with van der Waals surface area (Å²) in [7, 11) is 2.20. The molecule has 0 bridgehead atoms. The van der Waals surface area contributed by atoms with Crippen LogP contribution in [0.3, 0.4) is 0 Å². The van der Waals surface area contributed by atoms with Gasteiger partial charge >= 0.3 is 18.1 Å². The van der Waals surface area contributed by atoms with Gasteiger partial charge in [-0.25, -0.2) is 9.59 Å². The SMILES string of the molecule is COC(=O)/C=C(/Nc1cc(C(F)(F)F)ccc1N1CC(C)OC(C)C1)C(=O)OC. The van der Waals surface area contributed by atoms with Crippen molar-refractivity contribution in [3.63, 3.8) is 0 Å². The number of esters is 2. The third-order valence-electron chi connectivity index (χ3n) is 4.22. The Labute approximate surface area is 166 Å². The van der Waals surface area contributed by atoms with Crippen molar-refractivity contribution in [3.05, 3.63) is 35.5 Å². The molecule has 2 atom stereocenters. The lowest BCUT2D eigenvalue weighted by atomic mass is 10.1. The Kier molecular flexibility index (Phi) is 7.12. The van der Waals surface area contributed by atoms with Gasteiger partial charge in [0.25, 0.3) is 0 Å². The summed E-state index contributed by atoms with van der Waals surface area (Å²) in [6.07, 6.45) is -4.04. The van der Waals surface area contributed by atoms with Crippen LogP contribution in [0.4, 0.5) is 24.5 Å². The normalized spacial score (nSPS) is 20.2. The molecule has 10 heteroatoms. The van der Waals surface area contributed by atoms with E-state index in [9.17, 15) is 22.8 Å². The first kappa shape index (κ1) is 22.5. The van der Waals surface area contributed by atoms with Crippen molar-refractivity contribution in [2.24, 2.45) is 0 Å². The van der Waals surface area contributed by atoms with E-state index in [1.54, 1.807) is 0 Å². The zero-order valence-corrected chi connectivity index (χ0v) is 16.5. The minimum atomic E-state index is -4.59. The first-order valence-electron chi connectivity index (χ1n) is 8.81. The van der Waals surface area contributed by atoms with Crippen molar-refractivity contribution in [1.82, 2.24) is 0 Å². The van der Waals surface area contributed by atoms with Gasteiger partial charge in [-0.2, -0.15) is 13.2 Å². The van der Waals surface area contributed by atoms with Crippen LogP contribution in [0.15, 0.2) is 30.0 Å². The van der Waals surface area contributed by atoms with Crippen LogP contribution in [-0.2, 0) is 30.0 Å². The largest absolute Gasteiger partial charge is 0.466 e. The molecule has 1 aliphatic rings. The van der Waals surface area contributed by atoms with Gasteiger partial charge < -0.3 is 24.4 Å². The smallest absolute Gasteiger partial charge is 0.416 e. The highest BCUT2D eigenvalue weighted by Gasteiger charge is 2.33. The highest BCUT2D eigenvalue weighted by Crippen LogP contribution is 2.37. The minimum absolute atomic E-state index is 0.00155. The zero-order valence-electron chi connectivity index (χ0n) is 16.5. The number of benzene rings is 1. The van der Waals surface area contributed by atoms with E-state index in [1.807, 2.05) is 18.7 Å². The predicted molar refractivity (Wildman–Crippen MR) is 99.4 cm³/mol. The monoisotopic (exact) mass is 416 g/mol. The number of rotatable bonds is 5. The molecule has 2 unspecified atom stereocenters. The number of nitrogens with one attached hydrogen (secondary N) is 1. The third kappa shape index (κ3) is 5.86. The molecule has 1 aromatic carbocycles. The second kappa shape index (κ2) is 9.17. The topological polar surface area (TPSA) is 77.1 Å². The Morgan fingerprint density at radius 3 is 2.31 bits per heavy atom. The summed E-state index contributed by atoms with van der Waals surface area (Å²) in [5.41, 5.74) is -0.823. The molecule has 0 saturated carbocycles. The van der Waals surface area contributed by atoms with E-state index in [0.717, 1.165) is 32.4 Å². The summed E-state index contributed by atoms with van der Waals surface area (Å²) >= 11 is 0. The lowest BCUT2D eigenvalue weighted by Gasteiger charge is -2.38. The lowest BCUT2D eigenvalue weighted by molar-refractivity contribution is -0.138. The van der Waals surface area contributed by atoms with Crippen LogP contribution in [0.2, 0.25) is 0 Å². The van der Waals surface area contributed by atoms with Gasteiger partial charge in [0, 0.05) is 13.1 Å². The fraction of sp³-hybridized carbons (Fsp3) is 0.474. The average Bonchev–Trinajstić information content (AvgIpc) is 2.65. The van der Waals surface area contributed by atoms with Gasteiger partial charge in [-0.15, -0.1) is 0 Å². The van der Waals surface area contributed by atoms with E-state index in [2.05, 4.69) is 14.8 Å². The van der Waals surface area contributed by atoms with Crippen molar-refractivity contribution in [2.45, 2.75) is 32.2 Å². The lowest BCUT2D eigenvalue weighted by Crippen LogP contribution is -2.45. The van der Waals surface area contributed by atoms with Crippen molar-refractivity contribution < 1.29 is 37.0 Å². The molecule has 2 rings (SSSR count). The summed E-state index contributed by atoms with van der Waals surface area (Å²) in [5, 5.41) is 2.61. The van der Waals surface area contributed by atoms with E-state index in [1.165, 1.54) is 6.07 Å².